The molecule has 1 saturated heterocycles. The van der Waals surface area contributed by atoms with Crippen LogP contribution in [0.2, 0.25) is 0 Å². The molecule has 1 aliphatic heterocycles. The molecule has 4 aromatic rings. The molecular formula is C31H26F6N4O5. The number of alkyl halides is 6. The van der Waals surface area contributed by atoms with Gasteiger partial charge in [-0.25, -0.2) is 14.6 Å². The number of nitrogens with zero attached hydrogens (tertiary/aromatic N) is 3. The van der Waals surface area contributed by atoms with Gasteiger partial charge in [0, 0.05) is 18.7 Å². The molecule has 0 radical (unpaired) electrons. The summed E-state index contributed by atoms with van der Waals surface area (Å²) in [5.41, 5.74) is -3.45. The van der Waals surface area contributed by atoms with Crippen LogP contribution in [0.1, 0.15) is 51.5 Å². The van der Waals surface area contributed by atoms with Gasteiger partial charge in [0.15, 0.2) is 5.69 Å². The Morgan fingerprint density at radius 2 is 1.59 bits per heavy atom. The van der Waals surface area contributed by atoms with Crippen LogP contribution in [0.25, 0.3) is 22.6 Å². The van der Waals surface area contributed by atoms with Crippen molar-refractivity contribution in [2.24, 2.45) is 0 Å². The molecule has 0 spiro atoms. The number of aromatic carboxylic acids is 1. The van der Waals surface area contributed by atoms with Gasteiger partial charge >= 0.3 is 24.4 Å². The van der Waals surface area contributed by atoms with Gasteiger partial charge in [-0.2, -0.15) is 31.4 Å². The van der Waals surface area contributed by atoms with E-state index >= 15 is 0 Å². The number of benzene rings is 2. The number of halogens is 6. The van der Waals surface area contributed by atoms with E-state index in [0.717, 1.165) is 30.5 Å². The quantitative estimate of drug-likeness (QED) is 0.201. The van der Waals surface area contributed by atoms with Crippen LogP contribution in [0, 0.1) is 0 Å². The van der Waals surface area contributed by atoms with Crippen molar-refractivity contribution < 1.29 is 50.5 Å². The predicted octanol–water partition coefficient (Wildman–Crippen LogP) is 7.40. The number of rotatable bonds is 7. The first kappa shape index (κ1) is 32.3. The number of ether oxygens (including phenoxy) is 2. The summed E-state index contributed by atoms with van der Waals surface area (Å²) < 4.78 is 93.0. The van der Waals surface area contributed by atoms with E-state index < -0.39 is 46.6 Å². The molecule has 1 amide bonds. The van der Waals surface area contributed by atoms with E-state index in [4.69, 9.17) is 9.47 Å². The molecule has 242 valence electrons. The van der Waals surface area contributed by atoms with Gasteiger partial charge < -0.3 is 19.5 Å². The van der Waals surface area contributed by atoms with Gasteiger partial charge in [-0.3, -0.25) is 5.10 Å². The van der Waals surface area contributed by atoms with Crippen molar-refractivity contribution in [3.63, 3.8) is 0 Å². The third kappa shape index (κ3) is 6.77. The molecule has 5 rings (SSSR count). The number of amides is 1. The average Bonchev–Trinajstić information content (AvgIpc) is 3.50. The zero-order valence-electron chi connectivity index (χ0n) is 24.1. The lowest BCUT2D eigenvalue weighted by atomic mass is 9.89. The number of aromatic nitrogens is 3. The van der Waals surface area contributed by atoms with Crippen LogP contribution in [0.15, 0.2) is 60.7 Å². The van der Waals surface area contributed by atoms with E-state index in [1.54, 1.807) is 22.1 Å². The Morgan fingerprint density at radius 3 is 2.20 bits per heavy atom. The van der Waals surface area contributed by atoms with Crippen molar-refractivity contribution >= 4 is 12.1 Å². The van der Waals surface area contributed by atoms with Crippen molar-refractivity contribution in [1.82, 2.24) is 20.1 Å². The Balaban J connectivity index is 1.42. The van der Waals surface area contributed by atoms with Crippen molar-refractivity contribution in [1.29, 1.82) is 0 Å². The summed E-state index contributed by atoms with van der Waals surface area (Å²) in [5, 5.41) is 14.6. The molecule has 46 heavy (non-hydrogen) atoms. The maximum absolute atomic E-state index is 14.1. The highest BCUT2D eigenvalue weighted by molar-refractivity contribution is 5.96. The molecule has 9 nitrogen and oxygen atoms in total. The Hall–Kier alpha value is -5.08. The molecule has 1 fully saturated rings. The molecule has 2 N–H and O–H groups in total. The summed E-state index contributed by atoms with van der Waals surface area (Å²) in [7, 11) is 1.33. The number of pyridine rings is 1. The number of carboxylic acid groups (broad SMARTS) is 1. The minimum Gasteiger partial charge on any atom is -0.488 e. The zero-order chi connectivity index (χ0) is 33.2. The number of carboxylic acids is 1. The predicted molar refractivity (Wildman–Crippen MR) is 151 cm³/mol. The van der Waals surface area contributed by atoms with Crippen LogP contribution >= 0.6 is 0 Å². The van der Waals surface area contributed by atoms with Crippen LogP contribution in [0.3, 0.4) is 0 Å². The van der Waals surface area contributed by atoms with Crippen molar-refractivity contribution in [2.45, 2.75) is 37.7 Å². The van der Waals surface area contributed by atoms with E-state index in [1.165, 1.54) is 31.4 Å². The standard InChI is InChI=1S/C31H26F6N4O5/c1-45-29(44)41-14-12-19(13-15-41)18-10-8-17(9-11-18)16-46-26-20(4-2-5-21(26)30(32,33)34)22-6-3-7-23(38-22)25-24(28(42)43)27(40-39-25)31(35,36)37/h2-11,19H,12-16H2,1H3,(H,39,40)(H,42,43). The van der Waals surface area contributed by atoms with Gasteiger partial charge in [-0.1, -0.05) is 36.4 Å². The first-order valence-corrected chi connectivity index (χ1v) is 13.9. The number of carbonyl (C=O) groups is 2. The zero-order valence-corrected chi connectivity index (χ0v) is 24.1. The van der Waals surface area contributed by atoms with E-state index in [9.17, 15) is 41.0 Å². The monoisotopic (exact) mass is 648 g/mol. The Kier molecular flexibility index (Phi) is 8.94. The number of para-hydroxylation sites is 1. The maximum atomic E-state index is 14.1. The van der Waals surface area contributed by atoms with Crippen LogP contribution in [0.5, 0.6) is 5.75 Å². The number of methoxy groups -OCH3 is 1. The summed E-state index contributed by atoms with van der Waals surface area (Å²) in [6.45, 7) is 0.823. The molecule has 2 aromatic heterocycles. The minimum atomic E-state index is -5.06. The fourth-order valence-electron chi connectivity index (χ4n) is 5.34. The largest absolute Gasteiger partial charge is 0.488 e. The number of hydrogen-bond donors (Lipinski definition) is 2. The number of likely N-dealkylation sites (tertiary alicyclic amines) is 1. The SMILES string of the molecule is COC(=O)N1CCC(c2ccc(COc3c(-c4cccc(-c5n[nH]c(C(F)(F)F)c5C(=O)O)n4)cccc3C(F)(F)F)cc2)CC1. The van der Waals surface area contributed by atoms with Crippen LogP contribution < -0.4 is 4.74 Å². The van der Waals surface area contributed by atoms with Crippen LogP contribution in [-0.4, -0.2) is 57.4 Å². The highest BCUT2D eigenvalue weighted by Gasteiger charge is 2.40. The minimum absolute atomic E-state index is 0.111. The molecule has 0 unspecified atom stereocenters. The fourth-order valence-corrected chi connectivity index (χ4v) is 5.34. The third-order valence-electron chi connectivity index (χ3n) is 7.61. The molecule has 0 atom stereocenters. The number of H-pyrrole nitrogens is 1. The Bertz CT molecular complexity index is 1730. The molecule has 15 heteroatoms. The van der Waals surface area contributed by atoms with Crippen LogP contribution in [-0.2, 0) is 23.7 Å². The lowest BCUT2D eigenvalue weighted by Crippen LogP contribution is -2.37. The molecule has 3 heterocycles. The van der Waals surface area contributed by atoms with Gasteiger partial charge in [0.25, 0.3) is 0 Å². The number of nitrogens with one attached hydrogen (secondary N) is 1. The van der Waals surface area contributed by atoms with E-state index in [1.807, 2.05) is 12.1 Å². The fraction of sp³-hybridized carbons (Fsp3) is 0.290. The van der Waals surface area contributed by atoms with Gasteiger partial charge in [0.2, 0.25) is 0 Å². The first-order valence-electron chi connectivity index (χ1n) is 13.9. The first-order chi connectivity index (χ1) is 21.8. The summed E-state index contributed by atoms with van der Waals surface area (Å²) in [5.74, 6) is -2.28. The second-order valence-electron chi connectivity index (χ2n) is 10.5. The summed E-state index contributed by atoms with van der Waals surface area (Å²) in [6.07, 6.45) is -8.81. The van der Waals surface area contributed by atoms with Gasteiger partial charge in [0.05, 0.1) is 24.1 Å². The molecule has 0 aliphatic carbocycles. The van der Waals surface area contributed by atoms with Crippen molar-refractivity contribution in [2.75, 3.05) is 20.2 Å². The Labute approximate surface area is 257 Å². The second kappa shape index (κ2) is 12.7. The van der Waals surface area contributed by atoms with Crippen molar-refractivity contribution in [3.05, 3.63) is 88.6 Å². The summed E-state index contributed by atoms with van der Waals surface area (Å²) >= 11 is 0. The van der Waals surface area contributed by atoms with Gasteiger partial charge in [-0.05, 0) is 54.2 Å². The molecule has 2 aromatic carbocycles. The van der Waals surface area contributed by atoms with Crippen molar-refractivity contribution in [3.8, 4) is 28.4 Å². The lowest BCUT2D eigenvalue weighted by Gasteiger charge is -2.31. The molecular weight excluding hydrogens is 622 g/mol. The highest BCUT2D eigenvalue weighted by atomic mass is 19.4. The second-order valence-corrected chi connectivity index (χ2v) is 10.5. The van der Waals surface area contributed by atoms with Gasteiger partial charge in [-0.15, -0.1) is 0 Å². The van der Waals surface area contributed by atoms with Crippen LogP contribution in [0.4, 0.5) is 31.1 Å². The van der Waals surface area contributed by atoms with E-state index in [0.29, 0.717) is 18.7 Å². The normalized spacial score (nSPS) is 14.3. The number of hydrogen-bond acceptors (Lipinski definition) is 6. The smallest absolute Gasteiger partial charge is 0.433 e. The maximum Gasteiger partial charge on any atom is 0.433 e. The van der Waals surface area contributed by atoms with Gasteiger partial charge in [0.1, 0.15) is 23.6 Å². The topological polar surface area (TPSA) is 118 Å². The summed E-state index contributed by atoms with van der Waals surface area (Å²) in [6, 6.07) is 14.3. The number of aromatic amines is 1. The Morgan fingerprint density at radius 1 is 0.935 bits per heavy atom. The van der Waals surface area contributed by atoms with E-state index in [-0.39, 0.29) is 35.6 Å². The molecule has 0 bridgehead atoms. The highest BCUT2D eigenvalue weighted by Crippen LogP contribution is 2.43. The average molecular weight is 649 g/mol. The summed E-state index contributed by atoms with van der Waals surface area (Å²) in [4.78, 5) is 29.3. The number of piperidine rings is 1. The number of carbonyl (C=O) groups excluding carboxylic acids is 1. The third-order valence-corrected chi connectivity index (χ3v) is 7.61. The molecule has 0 saturated carbocycles. The van der Waals surface area contributed by atoms with E-state index in [2.05, 4.69) is 10.1 Å². The lowest BCUT2D eigenvalue weighted by molar-refractivity contribution is -0.141. The molecule has 1 aliphatic rings.